The number of hydrogen-bond donors (Lipinski definition) is 0. The fourth-order valence-electron chi connectivity index (χ4n) is 2.10. The third-order valence-electron chi connectivity index (χ3n) is 3.21. The number of methoxy groups -OCH3 is 1. The van der Waals surface area contributed by atoms with Gasteiger partial charge >= 0.3 is 5.69 Å². The maximum absolute atomic E-state index is 10.7. The Morgan fingerprint density at radius 2 is 2.17 bits per heavy atom. The molecule has 3 aromatic rings. The van der Waals surface area contributed by atoms with Crippen molar-refractivity contribution in [3.8, 4) is 5.75 Å². The summed E-state index contributed by atoms with van der Waals surface area (Å²) >= 11 is 0. The van der Waals surface area contributed by atoms with E-state index < -0.39 is 4.92 Å². The van der Waals surface area contributed by atoms with Crippen LogP contribution in [0.3, 0.4) is 0 Å². The molecule has 10 heteroatoms. The van der Waals surface area contributed by atoms with Crippen molar-refractivity contribution >= 4 is 11.9 Å². The predicted octanol–water partition coefficient (Wildman–Crippen LogP) is 1.32. The van der Waals surface area contributed by atoms with E-state index in [1.165, 1.54) is 34.4 Å². The Balaban J connectivity index is 1.84. The summed E-state index contributed by atoms with van der Waals surface area (Å²) in [5.41, 5.74) is 1.60. The lowest BCUT2D eigenvalue weighted by Gasteiger charge is -2.09. The first-order valence-corrected chi connectivity index (χ1v) is 6.88. The van der Waals surface area contributed by atoms with E-state index >= 15 is 0 Å². The fraction of sp³-hybridized carbons (Fsp3) is 0.143. The molecule has 0 unspecified atom stereocenters. The van der Waals surface area contributed by atoms with E-state index in [0.29, 0.717) is 12.3 Å². The van der Waals surface area contributed by atoms with Crippen LogP contribution in [0.5, 0.6) is 5.75 Å². The molecule has 122 valence electrons. The van der Waals surface area contributed by atoms with Crippen LogP contribution in [0.2, 0.25) is 0 Å². The Kier molecular flexibility index (Phi) is 4.27. The first-order chi connectivity index (χ1) is 11.7. The quantitative estimate of drug-likeness (QED) is 0.383. The molecule has 24 heavy (non-hydrogen) atoms. The predicted molar refractivity (Wildman–Crippen MR) is 84.0 cm³/mol. The van der Waals surface area contributed by atoms with E-state index in [-0.39, 0.29) is 5.69 Å². The highest BCUT2D eigenvalue weighted by atomic mass is 16.6. The maximum atomic E-state index is 10.7. The summed E-state index contributed by atoms with van der Waals surface area (Å²) in [5.74, 6) is 0.662. The van der Waals surface area contributed by atoms with Crippen LogP contribution in [0.15, 0.2) is 48.3 Å². The molecule has 0 bridgehead atoms. The zero-order valence-electron chi connectivity index (χ0n) is 12.7. The van der Waals surface area contributed by atoms with Gasteiger partial charge in [0.1, 0.15) is 30.8 Å². The average Bonchev–Trinajstić information content (AvgIpc) is 3.25. The Labute approximate surface area is 136 Å². The van der Waals surface area contributed by atoms with Crippen LogP contribution in [-0.2, 0) is 6.54 Å². The van der Waals surface area contributed by atoms with Gasteiger partial charge in [0, 0.05) is 5.56 Å². The molecule has 2 aromatic heterocycles. The SMILES string of the molecule is COc1ccc(C=Nn2cnnc2)cc1Cn1cc([N+](=O)[O-])cn1. The molecular formula is C14H13N7O3. The number of rotatable bonds is 6. The molecule has 1 aromatic carbocycles. The largest absolute Gasteiger partial charge is 0.496 e. The van der Waals surface area contributed by atoms with Gasteiger partial charge < -0.3 is 4.74 Å². The van der Waals surface area contributed by atoms with Crippen molar-refractivity contribution in [1.29, 1.82) is 0 Å². The molecule has 0 aliphatic heterocycles. The highest BCUT2D eigenvalue weighted by molar-refractivity contribution is 5.80. The zero-order valence-corrected chi connectivity index (χ0v) is 12.7. The minimum atomic E-state index is -0.483. The molecule has 0 spiro atoms. The zero-order chi connectivity index (χ0) is 16.9. The topological polar surface area (TPSA) is 113 Å². The lowest BCUT2D eigenvalue weighted by molar-refractivity contribution is -0.385. The molecule has 2 heterocycles. The molecule has 0 saturated carbocycles. The van der Waals surface area contributed by atoms with Crippen molar-refractivity contribution in [2.75, 3.05) is 7.11 Å². The summed E-state index contributed by atoms with van der Waals surface area (Å²) in [4.78, 5) is 10.3. The van der Waals surface area contributed by atoms with Gasteiger partial charge in [-0.1, -0.05) is 0 Å². The van der Waals surface area contributed by atoms with Crippen LogP contribution in [0, 0.1) is 10.1 Å². The van der Waals surface area contributed by atoms with Gasteiger partial charge in [-0.25, -0.2) is 4.68 Å². The lowest BCUT2D eigenvalue weighted by atomic mass is 10.1. The Morgan fingerprint density at radius 3 is 2.83 bits per heavy atom. The maximum Gasteiger partial charge on any atom is 0.307 e. The van der Waals surface area contributed by atoms with Gasteiger partial charge in [0.25, 0.3) is 0 Å². The average molecular weight is 327 g/mol. The summed E-state index contributed by atoms with van der Waals surface area (Å²) < 4.78 is 8.29. The summed E-state index contributed by atoms with van der Waals surface area (Å²) in [6.45, 7) is 0.339. The first kappa shape index (κ1) is 15.3. The van der Waals surface area contributed by atoms with Gasteiger partial charge in [0.05, 0.1) is 24.8 Å². The summed E-state index contributed by atoms with van der Waals surface area (Å²) in [5, 5.41) is 26.2. The summed E-state index contributed by atoms with van der Waals surface area (Å²) in [7, 11) is 1.56. The van der Waals surface area contributed by atoms with E-state index in [0.717, 1.165) is 11.1 Å². The van der Waals surface area contributed by atoms with E-state index in [4.69, 9.17) is 4.74 Å². The monoisotopic (exact) mass is 327 g/mol. The smallest absolute Gasteiger partial charge is 0.307 e. The highest BCUT2D eigenvalue weighted by Crippen LogP contribution is 2.21. The van der Waals surface area contributed by atoms with Crippen LogP contribution in [0.4, 0.5) is 5.69 Å². The van der Waals surface area contributed by atoms with Crippen molar-refractivity contribution in [3.05, 3.63) is 64.5 Å². The van der Waals surface area contributed by atoms with Gasteiger partial charge in [-0.05, 0) is 23.8 Å². The van der Waals surface area contributed by atoms with Crippen LogP contribution in [0.1, 0.15) is 11.1 Å². The van der Waals surface area contributed by atoms with Crippen molar-refractivity contribution in [2.24, 2.45) is 5.10 Å². The van der Waals surface area contributed by atoms with Crippen molar-refractivity contribution in [3.63, 3.8) is 0 Å². The molecule has 0 N–H and O–H groups in total. The van der Waals surface area contributed by atoms with E-state index in [9.17, 15) is 10.1 Å². The van der Waals surface area contributed by atoms with Crippen LogP contribution in [-0.4, -0.2) is 42.9 Å². The van der Waals surface area contributed by atoms with Crippen LogP contribution in [0.25, 0.3) is 0 Å². The fourth-order valence-corrected chi connectivity index (χ4v) is 2.10. The minimum absolute atomic E-state index is 0.0562. The first-order valence-electron chi connectivity index (χ1n) is 6.88. The van der Waals surface area contributed by atoms with Crippen LogP contribution >= 0.6 is 0 Å². The third kappa shape index (κ3) is 3.43. The molecule has 0 aliphatic rings. The second-order valence-electron chi connectivity index (χ2n) is 4.81. The molecule has 0 fully saturated rings. The van der Waals surface area contributed by atoms with Gasteiger partial charge in [-0.15, -0.1) is 10.2 Å². The number of benzene rings is 1. The standard InChI is InChI=1S/C14H13N7O3/c1-24-14-3-2-11(5-17-20-9-15-16-10-20)4-12(14)7-19-8-13(6-18-19)21(22)23/h2-6,8-10H,7H2,1H3. The summed E-state index contributed by atoms with van der Waals surface area (Å²) in [6, 6.07) is 5.53. The Hall–Kier alpha value is -3.56. The van der Waals surface area contributed by atoms with Crippen molar-refractivity contribution in [1.82, 2.24) is 24.7 Å². The van der Waals surface area contributed by atoms with Gasteiger partial charge in [-0.3, -0.25) is 14.8 Å². The molecule has 3 rings (SSSR count). The highest BCUT2D eigenvalue weighted by Gasteiger charge is 2.11. The number of hydrogen-bond acceptors (Lipinski definition) is 7. The van der Waals surface area contributed by atoms with Gasteiger partial charge in [0.2, 0.25) is 0 Å². The van der Waals surface area contributed by atoms with Gasteiger partial charge in [0.15, 0.2) is 0 Å². The van der Waals surface area contributed by atoms with Crippen molar-refractivity contribution < 1.29 is 9.66 Å². The van der Waals surface area contributed by atoms with Gasteiger partial charge in [-0.2, -0.15) is 10.2 Å². The summed E-state index contributed by atoms with van der Waals surface area (Å²) in [6.07, 6.45) is 7.19. The van der Waals surface area contributed by atoms with Crippen molar-refractivity contribution in [2.45, 2.75) is 6.54 Å². The Bertz CT molecular complexity index is 870. The third-order valence-corrected chi connectivity index (χ3v) is 3.21. The molecule has 0 atom stereocenters. The van der Waals surface area contributed by atoms with E-state index in [2.05, 4.69) is 20.4 Å². The molecule has 0 amide bonds. The second-order valence-corrected chi connectivity index (χ2v) is 4.81. The number of ether oxygens (including phenoxy) is 1. The minimum Gasteiger partial charge on any atom is -0.496 e. The Morgan fingerprint density at radius 1 is 1.38 bits per heavy atom. The lowest BCUT2D eigenvalue weighted by Crippen LogP contribution is -2.03. The number of aromatic nitrogens is 5. The van der Waals surface area contributed by atoms with E-state index in [1.807, 2.05) is 12.1 Å². The molecule has 0 radical (unpaired) electrons. The van der Waals surface area contributed by atoms with Crippen LogP contribution < -0.4 is 4.74 Å². The van der Waals surface area contributed by atoms with E-state index in [1.54, 1.807) is 19.4 Å². The molecule has 0 aliphatic carbocycles. The molecular weight excluding hydrogens is 314 g/mol. The molecule has 10 nitrogen and oxygen atoms in total. The number of nitrogens with zero attached hydrogens (tertiary/aromatic N) is 7. The number of nitro groups is 1. The molecule has 0 saturated heterocycles. The second kappa shape index (κ2) is 6.69. The normalized spacial score (nSPS) is 11.0.